The van der Waals surface area contributed by atoms with Crippen molar-refractivity contribution in [1.29, 1.82) is 0 Å². The third-order valence-corrected chi connectivity index (χ3v) is 5.19. The van der Waals surface area contributed by atoms with E-state index in [1.165, 1.54) is 25.9 Å². The lowest BCUT2D eigenvalue weighted by atomic mass is 9.96. The smallest absolute Gasteiger partial charge is 0.410 e. The van der Waals surface area contributed by atoms with Gasteiger partial charge in [0.25, 0.3) is 0 Å². The van der Waals surface area contributed by atoms with E-state index in [9.17, 15) is 4.79 Å². The Balaban J connectivity index is 1.61. The second-order valence-corrected chi connectivity index (χ2v) is 7.40. The van der Waals surface area contributed by atoms with E-state index in [0.29, 0.717) is 5.92 Å². The third kappa shape index (κ3) is 4.32. The first-order chi connectivity index (χ1) is 12.1. The Bertz CT molecular complexity index is 572. The van der Waals surface area contributed by atoms with Crippen LogP contribution in [0.1, 0.15) is 64.0 Å². The number of carbonyl (C=O) groups is 1. The Labute approximate surface area is 150 Å². The first-order valence-corrected chi connectivity index (χ1v) is 9.68. The molecule has 2 saturated heterocycles. The average molecular weight is 349 g/mol. The summed E-state index contributed by atoms with van der Waals surface area (Å²) in [5, 5.41) is 9.01. The van der Waals surface area contributed by atoms with E-state index in [-0.39, 0.29) is 12.2 Å². The van der Waals surface area contributed by atoms with Crippen LogP contribution in [-0.4, -0.2) is 62.9 Å². The van der Waals surface area contributed by atoms with E-state index in [0.717, 1.165) is 50.7 Å². The van der Waals surface area contributed by atoms with Gasteiger partial charge in [-0.15, -0.1) is 10.2 Å². The van der Waals surface area contributed by atoms with Crippen LogP contribution in [0.2, 0.25) is 0 Å². The number of hydrogen-bond donors (Lipinski definition) is 0. The Kier molecular flexibility index (Phi) is 5.93. The number of rotatable bonds is 5. The standard InChI is InChI=1S/C18H31N5O2/c1-4-23-16(13-21-9-5-6-10-21)19-20-17(23)15-7-11-22(12-8-15)18(24)25-14(2)3/h14-15H,4-13H2,1-3H3. The van der Waals surface area contributed by atoms with Crippen LogP contribution in [0.25, 0.3) is 0 Å². The maximum absolute atomic E-state index is 12.0. The lowest BCUT2D eigenvalue weighted by Gasteiger charge is -2.31. The highest BCUT2D eigenvalue weighted by Crippen LogP contribution is 2.28. The van der Waals surface area contributed by atoms with Gasteiger partial charge >= 0.3 is 6.09 Å². The lowest BCUT2D eigenvalue weighted by molar-refractivity contribution is 0.0687. The molecule has 0 bridgehead atoms. The van der Waals surface area contributed by atoms with Gasteiger partial charge in [-0.1, -0.05) is 0 Å². The van der Waals surface area contributed by atoms with Crippen molar-refractivity contribution >= 4 is 6.09 Å². The van der Waals surface area contributed by atoms with Gasteiger partial charge in [0.1, 0.15) is 11.6 Å². The molecule has 7 nitrogen and oxygen atoms in total. The maximum atomic E-state index is 12.0. The molecule has 0 aliphatic carbocycles. The SMILES string of the molecule is CCn1c(CN2CCCC2)nnc1C1CCN(C(=O)OC(C)C)CC1. The number of likely N-dealkylation sites (tertiary alicyclic amines) is 2. The molecule has 1 aromatic rings. The fourth-order valence-electron chi connectivity index (χ4n) is 3.85. The highest BCUT2D eigenvalue weighted by molar-refractivity contribution is 5.67. The molecule has 0 saturated carbocycles. The normalized spacial score (nSPS) is 19.8. The van der Waals surface area contributed by atoms with Gasteiger partial charge in [-0.25, -0.2) is 4.79 Å². The van der Waals surface area contributed by atoms with Gasteiger partial charge in [0.05, 0.1) is 12.6 Å². The van der Waals surface area contributed by atoms with E-state index in [1.54, 1.807) is 0 Å². The predicted molar refractivity (Wildman–Crippen MR) is 95.4 cm³/mol. The van der Waals surface area contributed by atoms with Gasteiger partial charge in [-0.2, -0.15) is 0 Å². The van der Waals surface area contributed by atoms with E-state index >= 15 is 0 Å². The molecule has 2 aliphatic rings. The zero-order valence-corrected chi connectivity index (χ0v) is 15.8. The van der Waals surface area contributed by atoms with Crippen LogP contribution >= 0.6 is 0 Å². The summed E-state index contributed by atoms with van der Waals surface area (Å²) in [5.41, 5.74) is 0. The maximum Gasteiger partial charge on any atom is 0.410 e. The summed E-state index contributed by atoms with van der Waals surface area (Å²) < 4.78 is 7.59. The summed E-state index contributed by atoms with van der Waals surface area (Å²) in [5.74, 6) is 2.55. The third-order valence-electron chi connectivity index (χ3n) is 5.19. The molecule has 1 aromatic heterocycles. The highest BCUT2D eigenvalue weighted by Gasteiger charge is 2.29. The van der Waals surface area contributed by atoms with Crippen molar-refractivity contribution in [2.75, 3.05) is 26.2 Å². The summed E-state index contributed by atoms with van der Waals surface area (Å²) in [7, 11) is 0. The highest BCUT2D eigenvalue weighted by atomic mass is 16.6. The molecule has 0 N–H and O–H groups in total. The first-order valence-electron chi connectivity index (χ1n) is 9.68. The second-order valence-electron chi connectivity index (χ2n) is 7.40. The van der Waals surface area contributed by atoms with Crippen LogP contribution in [0.5, 0.6) is 0 Å². The summed E-state index contributed by atoms with van der Waals surface area (Å²) in [4.78, 5) is 16.3. The number of hydrogen-bond acceptors (Lipinski definition) is 5. The number of ether oxygens (including phenoxy) is 1. The van der Waals surface area contributed by atoms with Gasteiger partial charge in [-0.3, -0.25) is 4.90 Å². The molecule has 7 heteroatoms. The molecular weight excluding hydrogens is 318 g/mol. The average Bonchev–Trinajstić information content (AvgIpc) is 3.24. The largest absolute Gasteiger partial charge is 0.447 e. The monoisotopic (exact) mass is 349 g/mol. The molecule has 0 radical (unpaired) electrons. The zero-order chi connectivity index (χ0) is 17.8. The summed E-state index contributed by atoms with van der Waals surface area (Å²) >= 11 is 0. The van der Waals surface area contributed by atoms with Crippen LogP contribution in [0, 0.1) is 0 Å². The van der Waals surface area contributed by atoms with Crippen molar-refractivity contribution in [2.45, 2.75) is 71.6 Å². The Morgan fingerprint density at radius 2 is 1.84 bits per heavy atom. The molecule has 0 aromatic carbocycles. The van der Waals surface area contributed by atoms with E-state index in [1.807, 2.05) is 18.7 Å². The Morgan fingerprint density at radius 3 is 2.44 bits per heavy atom. The Hall–Kier alpha value is -1.63. The zero-order valence-electron chi connectivity index (χ0n) is 15.8. The van der Waals surface area contributed by atoms with Crippen molar-refractivity contribution in [3.05, 3.63) is 11.6 Å². The number of nitrogens with zero attached hydrogens (tertiary/aromatic N) is 5. The lowest BCUT2D eigenvalue weighted by Crippen LogP contribution is -2.39. The molecule has 1 amide bonds. The first kappa shape index (κ1) is 18.2. The van der Waals surface area contributed by atoms with Gasteiger partial charge in [0.15, 0.2) is 0 Å². The summed E-state index contributed by atoms with van der Waals surface area (Å²) in [6.07, 6.45) is 4.17. The van der Waals surface area contributed by atoms with Crippen LogP contribution in [0.15, 0.2) is 0 Å². The quantitative estimate of drug-likeness (QED) is 0.818. The predicted octanol–water partition coefficient (Wildman–Crippen LogP) is 2.62. The second kappa shape index (κ2) is 8.17. The van der Waals surface area contributed by atoms with Crippen molar-refractivity contribution in [3.8, 4) is 0 Å². The fourth-order valence-corrected chi connectivity index (χ4v) is 3.85. The molecule has 0 spiro atoms. The Morgan fingerprint density at radius 1 is 1.16 bits per heavy atom. The van der Waals surface area contributed by atoms with E-state index in [4.69, 9.17) is 4.74 Å². The topological polar surface area (TPSA) is 63.5 Å². The van der Waals surface area contributed by atoms with Gasteiger partial charge < -0.3 is 14.2 Å². The van der Waals surface area contributed by atoms with Crippen LogP contribution in [0.3, 0.4) is 0 Å². The minimum absolute atomic E-state index is 0.0680. The van der Waals surface area contributed by atoms with Gasteiger partial charge in [-0.05, 0) is 59.5 Å². The van der Waals surface area contributed by atoms with Crippen LogP contribution in [-0.2, 0) is 17.8 Å². The van der Waals surface area contributed by atoms with Gasteiger partial charge in [0.2, 0.25) is 0 Å². The number of carbonyl (C=O) groups excluding carboxylic acids is 1. The molecule has 25 heavy (non-hydrogen) atoms. The van der Waals surface area contributed by atoms with E-state index < -0.39 is 0 Å². The van der Waals surface area contributed by atoms with Crippen LogP contribution in [0.4, 0.5) is 4.79 Å². The molecule has 0 atom stereocenters. The minimum atomic E-state index is -0.194. The summed E-state index contributed by atoms with van der Waals surface area (Å²) in [6.45, 7) is 11.5. The van der Waals surface area contributed by atoms with Crippen molar-refractivity contribution < 1.29 is 9.53 Å². The molecule has 3 rings (SSSR count). The molecule has 2 fully saturated rings. The molecule has 3 heterocycles. The number of aromatic nitrogens is 3. The van der Waals surface area contributed by atoms with Crippen LogP contribution < -0.4 is 0 Å². The van der Waals surface area contributed by atoms with Crippen molar-refractivity contribution in [1.82, 2.24) is 24.6 Å². The molecule has 0 unspecified atom stereocenters. The van der Waals surface area contributed by atoms with E-state index in [2.05, 4.69) is 26.6 Å². The van der Waals surface area contributed by atoms with Crippen molar-refractivity contribution in [3.63, 3.8) is 0 Å². The molecule has 2 aliphatic heterocycles. The number of piperidine rings is 1. The fraction of sp³-hybridized carbons (Fsp3) is 0.833. The van der Waals surface area contributed by atoms with Gasteiger partial charge in [0, 0.05) is 25.6 Å². The number of amides is 1. The summed E-state index contributed by atoms with van der Waals surface area (Å²) in [6, 6.07) is 0. The minimum Gasteiger partial charge on any atom is -0.447 e. The molecule has 140 valence electrons. The van der Waals surface area contributed by atoms with Crippen molar-refractivity contribution in [2.24, 2.45) is 0 Å². The molecular formula is C18H31N5O2.